The fourth-order valence-corrected chi connectivity index (χ4v) is 4.40. The summed E-state index contributed by atoms with van der Waals surface area (Å²) in [6.07, 6.45) is 7.10. The number of nitrogens with one attached hydrogen (secondary N) is 1. The number of rotatable bonds is 8. The molecule has 2 aliphatic rings. The molecule has 1 aliphatic heterocycles. The largest absolute Gasteiger partial charge is 0.316 e. The molecule has 1 saturated carbocycles. The highest BCUT2D eigenvalue weighted by molar-refractivity contribution is 4.90. The summed E-state index contributed by atoms with van der Waals surface area (Å²) in [5, 5.41) is 3.74. The second kappa shape index (κ2) is 7.94. The molecule has 1 N–H and O–H groups in total. The van der Waals surface area contributed by atoms with Gasteiger partial charge in [0.15, 0.2) is 0 Å². The SMILES string of the molecule is CC(C)CNCC1(CN(C)CC2CCN(C)C2)CCCC1. The first kappa shape index (κ1) is 17.2. The van der Waals surface area contributed by atoms with E-state index < -0.39 is 0 Å². The van der Waals surface area contributed by atoms with Gasteiger partial charge < -0.3 is 15.1 Å². The Bertz CT molecular complexity index is 297. The lowest BCUT2D eigenvalue weighted by Gasteiger charge is -2.35. The highest BCUT2D eigenvalue weighted by atomic mass is 15.2. The lowest BCUT2D eigenvalue weighted by Crippen LogP contribution is -2.43. The molecule has 1 saturated heterocycles. The zero-order chi connectivity index (χ0) is 15.3. The molecule has 0 radical (unpaired) electrons. The van der Waals surface area contributed by atoms with E-state index >= 15 is 0 Å². The molecular weight excluding hydrogens is 258 g/mol. The summed E-state index contributed by atoms with van der Waals surface area (Å²) in [6, 6.07) is 0. The van der Waals surface area contributed by atoms with Gasteiger partial charge in [0.25, 0.3) is 0 Å². The van der Waals surface area contributed by atoms with Gasteiger partial charge in [-0.1, -0.05) is 26.7 Å². The van der Waals surface area contributed by atoms with Gasteiger partial charge in [-0.15, -0.1) is 0 Å². The van der Waals surface area contributed by atoms with Crippen molar-refractivity contribution >= 4 is 0 Å². The topological polar surface area (TPSA) is 18.5 Å². The molecule has 124 valence electrons. The van der Waals surface area contributed by atoms with Crippen molar-refractivity contribution in [1.29, 1.82) is 0 Å². The molecule has 3 nitrogen and oxygen atoms in total. The standard InChI is InChI=1S/C18H37N3/c1-16(2)11-19-14-18(8-5-6-9-18)15-21(4)13-17-7-10-20(3)12-17/h16-17,19H,5-15H2,1-4H3. The molecule has 0 aromatic carbocycles. The van der Waals surface area contributed by atoms with E-state index in [1.807, 2.05) is 0 Å². The molecule has 2 rings (SSSR count). The van der Waals surface area contributed by atoms with Gasteiger partial charge in [-0.3, -0.25) is 0 Å². The van der Waals surface area contributed by atoms with Crippen LogP contribution >= 0.6 is 0 Å². The van der Waals surface area contributed by atoms with E-state index in [2.05, 4.69) is 43.1 Å². The lowest BCUT2D eigenvalue weighted by atomic mass is 9.85. The van der Waals surface area contributed by atoms with Crippen LogP contribution in [-0.2, 0) is 0 Å². The van der Waals surface area contributed by atoms with Crippen LogP contribution in [0.3, 0.4) is 0 Å². The Morgan fingerprint density at radius 2 is 2.00 bits per heavy atom. The van der Waals surface area contributed by atoms with Gasteiger partial charge in [0.1, 0.15) is 0 Å². The summed E-state index contributed by atoms with van der Waals surface area (Å²) in [5.74, 6) is 1.65. The second-order valence-electron chi connectivity index (χ2n) is 8.35. The normalized spacial score (nSPS) is 26.3. The van der Waals surface area contributed by atoms with Gasteiger partial charge in [0.2, 0.25) is 0 Å². The van der Waals surface area contributed by atoms with E-state index in [0.29, 0.717) is 5.41 Å². The minimum absolute atomic E-state index is 0.550. The Morgan fingerprint density at radius 3 is 2.57 bits per heavy atom. The summed E-state index contributed by atoms with van der Waals surface area (Å²) < 4.78 is 0. The van der Waals surface area contributed by atoms with Crippen LogP contribution < -0.4 is 5.32 Å². The summed E-state index contributed by atoms with van der Waals surface area (Å²) in [6.45, 7) is 12.2. The van der Waals surface area contributed by atoms with Crippen molar-refractivity contribution in [2.24, 2.45) is 17.3 Å². The Hall–Kier alpha value is -0.120. The maximum atomic E-state index is 3.74. The monoisotopic (exact) mass is 295 g/mol. The van der Waals surface area contributed by atoms with Crippen LogP contribution in [0.4, 0.5) is 0 Å². The first-order valence-corrected chi connectivity index (χ1v) is 9.07. The van der Waals surface area contributed by atoms with Gasteiger partial charge in [0, 0.05) is 26.2 Å². The predicted octanol–water partition coefficient (Wildman–Crippen LogP) is 2.68. The van der Waals surface area contributed by atoms with E-state index in [9.17, 15) is 0 Å². The van der Waals surface area contributed by atoms with Crippen molar-refractivity contribution in [3.8, 4) is 0 Å². The third kappa shape index (κ3) is 5.54. The third-order valence-electron chi connectivity index (χ3n) is 5.38. The number of hydrogen-bond acceptors (Lipinski definition) is 3. The van der Waals surface area contributed by atoms with Crippen LogP contribution in [0.15, 0.2) is 0 Å². The van der Waals surface area contributed by atoms with Crippen LogP contribution in [0.25, 0.3) is 0 Å². The average Bonchev–Trinajstić information content (AvgIpc) is 2.99. The van der Waals surface area contributed by atoms with Crippen LogP contribution in [0.5, 0.6) is 0 Å². The molecule has 1 atom stereocenters. The summed E-state index contributed by atoms with van der Waals surface area (Å²) >= 11 is 0. The molecule has 3 heteroatoms. The molecule has 0 bridgehead atoms. The summed E-state index contributed by atoms with van der Waals surface area (Å²) in [7, 11) is 4.61. The van der Waals surface area contributed by atoms with Crippen LogP contribution in [0.1, 0.15) is 46.0 Å². The molecular formula is C18H37N3. The molecule has 1 heterocycles. The minimum atomic E-state index is 0.550. The quantitative estimate of drug-likeness (QED) is 0.743. The second-order valence-corrected chi connectivity index (χ2v) is 8.35. The van der Waals surface area contributed by atoms with E-state index in [-0.39, 0.29) is 0 Å². The van der Waals surface area contributed by atoms with Crippen molar-refractivity contribution in [3.63, 3.8) is 0 Å². The Kier molecular flexibility index (Phi) is 6.51. The Labute approximate surface area is 132 Å². The number of likely N-dealkylation sites (tertiary alicyclic amines) is 1. The molecule has 1 unspecified atom stereocenters. The van der Waals surface area contributed by atoms with E-state index in [4.69, 9.17) is 0 Å². The van der Waals surface area contributed by atoms with Gasteiger partial charge in [-0.05, 0) is 63.7 Å². The maximum Gasteiger partial charge on any atom is 0.00472 e. The van der Waals surface area contributed by atoms with E-state index in [1.54, 1.807) is 0 Å². The first-order valence-electron chi connectivity index (χ1n) is 9.07. The average molecular weight is 296 g/mol. The lowest BCUT2D eigenvalue weighted by molar-refractivity contribution is 0.155. The zero-order valence-corrected chi connectivity index (χ0v) is 14.8. The van der Waals surface area contributed by atoms with Gasteiger partial charge in [0.05, 0.1) is 0 Å². The highest BCUT2D eigenvalue weighted by Crippen LogP contribution is 2.38. The smallest absolute Gasteiger partial charge is 0.00472 e. The van der Waals surface area contributed by atoms with Crippen molar-refractivity contribution in [3.05, 3.63) is 0 Å². The predicted molar refractivity (Wildman–Crippen MR) is 91.7 cm³/mol. The molecule has 1 aliphatic carbocycles. The van der Waals surface area contributed by atoms with E-state index in [0.717, 1.165) is 11.8 Å². The van der Waals surface area contributed by atoms with Crippen molar-refractivity contribution in [1.82, 2.24) is 15.1 Å². The van der Waals surface area contributed by atoms with Gasteiger partial charge >= 0.3 is 0 Å². The Balaban J connectivity index is 1.78. The number of hydrogen-bond donors (Lipinski definition) is 1. The Morgan fingerprint density at radius 1 is 1.29 bits per heavy atom. The summed E-state index contributed by atoms with van der Waals surface area (Å²) in [5.41, 5.74) is 0.550. The highest BCUT2D eigenvalue weighted by Gasteiger charge is 2.35. The molecule has 0 amide bonds. The zero-order valence-electron chi connectivity index (χ0n) is 14.8. The van der Waals surface area contributed by atoms with Crippen molar-refractivity contribution in [2.45, 2.75) is 46.0 Å². The van der Waals surface area contributed by atoms with E-state index in [1.165, 1.54) is 71.4 Å². The van der Waals surface area contributed by atoms with Crippen molar-refractivity contribution in [2.75, 3.05) is 53.4 Å². The van der Waals surface area contributed by atoms with Crippen LogP contribution in [0, 0.1) is 17.3 Å². The minimum Gasteiger partial charge on any atom is -0.316 e. The first-order chi connectivity index (χ1) is 9.99. The third-order valence-corrected chi connectivity index (χ3v) is 5.38. The fraction of sp³-hybridized carbons (Fsp3) is 1.00. The van der Waals surface area contributed by atoms with Crippen LogP contribution in [-0.4, -0.2) is 63.2 Å². The molecule has 0 aromatic rings. The fourth-order valence-electron chi connectivity index (χ4n) is 4.40. The molecule has 2 fully saturated rings. The molecule has 0 spiro atoms. The van der Waals surface area contributed by atoms with Crippen LogP contribution in [0.2, 0.25) is 0 Å². The number of nitrogens with zero attached hydrogens (tertiary/aromatic N) is 2. The van der Waals surface area contributed by atoms with Crippen molar-refractivity contribution < 1.29 is 0 Å². The summed E-state index contributed by atoms with van der Waals surface area (Å²) in [4.78, 5) is 5.11. The van der Waals surface area contributed by atoms with Gasteiger partial charge in [-0.2, -0.15) is 0 Å². The molecule has 21 heavy (non-hydrogen) atoms. The molecule has 0 aromatic heterocycles. The maximum absolute atomic E-state index is 3.74. The van der Waals surface area contributed by atoms with Gasteiger partial charge in [-0.25, -0.2) is 0 Å².